The van der Waals surface area contributed by atoms with Gasteiger partial charge >= 0.3 is 0 Å². The van der Waals surface area contributed by atoms with Gasteiger partial charge in [-0.3, -0.25) is 9.78 Å². The Hall–Kier alpha value is -3.13. The second-order valence-electron chi connectivity index (χ2n) is 5.80. The number of hydrogen-bond donors (Lipinski definition) is 2. The van der Waals surface area contributed by atoms with Crippen LogP contribution in [0.1, 0.15) is 28.2 Å². The van der Waals surface area contributed by atoms with Gasteiger partial charge in [0.15, 0.2) is 11.5 Å². The van der Waals surface area contributed by atoms with Gasteiger partial charge in [0.05, 0.1) is 31.6 Å². The predicted molar refractivity (Wildman–Crippen MR) is 105 cm³/mol. The van der Waals surface area contributed by atoms with Crippen LogP contribution in [0, 0.1) is 0 Å². The maximum Gasteiger partial charge on any atom is 0.265 e. The molecule has 0 spiro atoms. The number of ether oxygens (including phenoxy) is 2. The van der Waals surface area contributed by atoms with Gasteiger partial charge in [-0.25, -0.2) is 0 Å². The molecule has 2 aromatic heterocycles. The monoisotopic (exact) mass is 384 g/mol. The van der Waals surface area contributed by atoms with E-state index in [0.29, 0.717) is 33.5 Å². The number of amides is 1. The van der Waals surface area contributed by atoms with Crippen LogP contribution in [-0.2, 0) is 0 Å². The first-order valence-corrected chi connectivity index (χ1v) is 9.01. The Morgan fingerprint density at radius 3 is 2.63 bits per heavy atom. The molecular formula is C19H20N4O3S. The van der Waals surface area contributed by atoms with Crippen molar-refractivity contribution in [3.05, 3.63) is 53.0 Å². The molecule has 0 aliphatic rings. The lowest BCUT2D eigenvalue weighted by Gasteiger charge is -2.16. The second-order valence-corrected chi connectivity index (χ2v) is 6.57. The van der Waals surface area contributed by atoms with Crippen LogP contribution in [0.15, 0.2) is 42.6 Å². The molecule has 1 aromatic carbocycles. The lowest BCUT2D eigenvalue weighted by atomic mass is 10.1. The maximum absolute atomic E-state index is 12.7. The topological polar surface area (TPSA) is 99.4 Å². The smallest absolute Gasteiger partial charge is 0.265 e. The van der Waals surface area contributed by atoms with Crippen LogP contribution in [0.4, 0.5) is 5.69 Å². The highest BCUT2D eigenvalue weighted by molar-refractivity contribution is 7.09. The molecule has 140 valence electrons. The number of methoxy groups -OCH3 is 2. The summed E-state index contributed by atoms with van der Waals surface area (Å²) < 4.78 is 14.8. The summed E-state index contributed by atoms with van der Waals surface area (Å²) in [6.45, 7) is 1.88. The van der Waals surface area contributed by atoms with Crippen LogP contribution >= 0.6 is 11.5 Å². The Bertz CT molecular complexity index is 943. The zero-order valence-electron chi connectivity index (χ0n) is 15.2. The summed E-state index contributed by atoms with van der Waals surface area (Å²) in [7, 11) is 3.15. The molecule has 1 atom stereocenters. The number of pyridine rings is 1. The number of nitrogens with one attached hydrogen (secondary N) is 1. The zero-order chi connectivity index (χ0) is 19.4. The van der Waals surface area contributed by atoms with E-state index < -0.39 is 0 Å². The molecule has 0 saturated carbocycles. The van der Waals surface area contributed by atoms with Gasteiger partial charge in [-0.2, -0.15) is 4.37 Å². The van der Waals surface area contributed by atoms with E-state index in [1.165, 1.54) is 0 Å². The molecule has 0 aliphatic heterocycles. The lowest BCUT2D eigenvalue weighted by molar-refractivity contribution is 0.0944. The normalized spacial score (nSPS) is 11.7. The molecule has 2 heterocycles. The summed E-state index contributed by atoms with van der Waals surface area (Å²) in [5, 5.41) is 2.94. The number of anilines is 1. The molecule has 8 heteroatoms. The second kappa shape index (κ2) is 8.05. The number of nitrogen functional groups attached to an aromatic ring is 1. The molecule has 0 radical (unpaired) electrons. The maximum atomic E-state index is 12.7. The minimum atomic E-state index is -0.283. The fourth-order valence-corrected chi connectivity index (χ4v) is 3.33. The van der Waals surface area contributed by atoms with Crippen molar-refractivity contribution in [2.45, 2.75) is 13.0 Å². The van der Waals surface area contributed by atoms with Gasteiger partial charge in [0, 0.05) is 6.20 Å². The highest BCUT2D eigenvalue weighted by Gasteiger charge is 2.21. The van der Waals surface area contributed by atoms with E-state index in [4.69, 9.17) is 15.2 Å². The third kappa shape index (κ3) is 3.85. The number of carbonyl (C=O) groups excluding carboxylic acids is 1. The molecular weight excluding hydrogens is 364 g/mol. The minimum absolute atomic E-state index is 0.253. The summed E-state index contributed by atoms with van der Waals surface area (Å²) in [6.07, 6.45) is 1.66. The number of nitrogens with zero attached hydrogens (tertiary/aromatic N) is 2. The quantitative estimate of drug-likeness (QED) is 0.676. The molecule has 0 fully saturated rings. The number of aromatic nitrogens is 2. The predicted octanol–water partition coefficient (Wildman–Crippen LogP) is 3.30. The first-order valence-electron chi connectivity index (χ1n) is 8.24. The van der Waals surface area contributed by atoms with Crippen molar-refractivity contribution in [3.63, 3.8) is 0 Å². The van der Waals surface area contributed by atoms with Crippen LogP contribution in [0.5, 0.6) is 11.5 Å². The van der Waals surface area contributed by atoms with E-state index in [-0.39, 0.29) is 11.9 Å². The Morgan fingerprint density at radius 1 is 1.19 bits per heavy atom. The first kappa shape index (κ1) is 18.7. The van der Waals surface area contributed by atoms with Crippen molar-refractivity contribution in [2.24, 2.45) is 0 Å². The highest BCUT2D eigenvalue weighted by Crippen LogP contribution is 2.32. The van der Waals surface area contributed by atoms with E-state index in [1.807, 2.05) is 31.2 Å². The van der Waals surface area contributed by atoms with E-state index in [9.17, 15) is 4.79 Å². The number of hydrogen-bond acceptors (Lipinski definition) is 7. The van der Waals surface area contributed by atoms with E-state index in [2.05, 4.69) is 14.7 Å². The van der Waals surface area contributed by atoms with Gasteiger partial charge < -0.3 is 20.5 Å². The Labute approximate surface area is 161 Å². The zero-order valence-corrected chi connectivity index (χ0v) is 16.0. The van der Waals surface area contributed by atoms with Crippen LogP contribution in [0.2, 0.25) is 0 Å². The lowest BCUT2D eigenvalue weighted by Crippen LogP contribution is -2.26. The van der Waals surface area contributed by atoms with E-state index in [1.54, 1.807) is 32.5 Å². The molecule has 0 unspecified atom stereocenters. The van der Waals surface area contributed by atoms with Crippen molar-refractivity contribution < 1.29 is 14.3 Å². The van der Waals surface area contributed by atoms with Gasteiger partial charge in [0.1, 0.15) is 10.6 Å². The van der Waals surface area contributed by atoms with Crippen LogP contribution < -0.4 is 20.5 Å². The summed E-state index contributed by atoms with van der Waals surface area (Å²) in [4.78, 5) is 17.3. The molecule has 7 nitrogen and oxygen atoms in total. The summed E-state index contributed by atoms with van der Waals surface area (Å²) >= 11 is 1.06. The van der Waals surface area contributed by atoms with E-state index in [0.717, 1.165) is 17.1 Å². The standard InChI is InChI=1S/C19H20N4O3S/c1-11(12-7-8-14(25-2)15(10-12)26-3)22-19(24)18-16(20)17(23-27-18)13-6-4-5-9-21-13/h4-11H,20H2,1-3H3,(H,22,24)/t11-/m0/s1. The highest BCUT2D eigenvalue weighted by atomic mass is 32.1. The van der Waals surface area contributed by atoms with Gasteiger partial charge in [-0.05, 0) is 48.3 Å². The van der Waals surface area contributed by atoms with Gasteiger partial charge in [0.25, 0.3) is 5.91 Å². The van der Waals surface area contributed by atoms with Crippen LogP contribution in [-0.4, -0.2) is 29.5 Å². The van der Waals surface area contributed by atoms with Crippen LogP contribution in [0.3, 0.4) is 0 Å². The summed E-state index contributed by atoms with van der Waals surface area (Å²) in [5.41, 5.74) is 8.51. The molecule has 1 amide bonds. The Kier molecular flexibility index (Phi) is 5.56. The van der Waals surface area contributed by atoms with Crippen molar-refractivity contribution in [2.75, 3.05) is 20.0 Å². The van der Waals surface area contributed by atoms with Crippen molar-refractivity contribution >= 4 is 23.1 Å². The van der Waals surface area contributed by atoms with Crippen LogP contribution in [0.25, 0.3) is 11.4 Å². The Balaban J connectivity index is 1.79. The van der Waals surface area contributed by atoms with Crippen molar-refractivity contribution in [1.82, 2.24) is 14.7 Å². The largest absolute Gasteiger partial charge is 0.493 e. The molecule has 0 bridgehead atoms. The molecule has 27 heavy (non-hydrogen) atoms. The molecule has 3 rings (SSSR count). The third-order valence-corrected chi connectivity index (χ3v) is 4.96. The SMILES string of the molecule is COc1ccc([C@H](C)NC(=O)c2snc(-c3ccccn3)c2N)cc1OC. The molecule has 3 aromatic rings. The fourth-order valence-electron chi connectivity index (χ4n) is 2.62. The van der Waals surface area contributed by atoms with Gasteiger partial charge in [-0.1, -0.05) is 12.1 Å². The fraction of sp³-hybridized carbons (Fsp3) is 0.211. The molecule has 0 aliphatic carbocycles. The first-order chi connectivity index (χ1) is 13.0. The van der Waals surface area contributed by atoms with Gasteiger partial charge in [0.2, 0.25) is 0 Å². The number of rotatable bonds is 6. The van der Waals surface area contributed by atoms with E-state index >= 15 is 0 Å². The minimum Gasteiger partial charge on any atom is -0.493 e. The summed E-state index contributed by atoms with van der Waals surface area (Å²) in [5.74, 6) is 0.951. The van der Waals surface area contributed by atoms with Crippen molar-refractivity contribution in [1.29, 1.82) is 0 Å². The Morgan fingerprint density at radius 2 is 1.96 bits per heavy atom. The van der Waals surface area contributed by atoms with Gasteiger partial charge in [-0.15, -0.1) is 0 Å². The number of carbonyl (C=O) groups is 1. The molecule has 0 saturated heterocycles. The van der Waals surface area contributed by atoms with Crippen molar-refractivity contribution in [3.8, 4) is 22.9 Å². The molecule has 3 N–H and O–H groups in total. The summed E-state index contributed by atoms with van der Waals surface area (Å²) in [6, 6.07) is 10.7. The average molecular weight is 384 g/mol. The third-order valence-electron chi connectivity index (χ3n) is 4.10. The number of benzene rings is 1. The average Bonchev–Trinajstić information content (AvgIpc) is 3.09. The number of nitrogens with two attached hydrogens (primary N) is 1.